The molecule has 0 aliphatic heterocycles. The van der Waals surface area contributed by atoms with Crippen LogP contribution in [0, 0.1) is 0 Å². The summed E-state index contributed by atoms with van der Waals surface area (Å²) in [5.74, 6) is -1.91. The largest absolute Gasteiger partial charge is 0.459 e. The highest BCUT2D eigenvalue weighted by atomic mass is 32.2. The van der Waals surface area contributed by atoms with Crippen LogP contribution in [-0.2, 0) is 19.6 Å². The van der Waals surface area contributed by atoms with Gasteiger partial charge in [-0.15, -0.1) is 0 Å². The molecule has 0 radical (unpaired) electrons. The van der Waals surface area contributed by atoms with Gasteiger partial charge in [0.2, 0.25) is 0 Å². The summed E-state index contributed by atoms with van der Waals surface area (Å²) in [6, 6.07) is 3.61. The van der Waals surface area contributed by atoms with E-state index in [4.69, 9.17) is 9.47 Å². The lowest BCUT2D eigenvalue weighted by Crippen LogP contribution is -2.20. The Hall–Kier alpha value is -1.93. The molecule has 0 unspecified atom stereocenters. The van der Waals surface area contributed by atoms with Gasteiger partial charge in [0.25, 0.3) is 10.1 Å². The van der Waals surface area contributed by atoms with Gasteiger partial charge < -0.3 is 9.47 Å². The van der Waals surface area contributed by atoms with E-state index < -0.39 is 50.3 Å². The fourth-order valence-corrected chi connectivity index (χ4v) is 2.55. The Morgan fingerprint density at radius 1 is 0.955 bits per heavy atom. The fraction of sp³-hybridized carbons (Fsp3) is 0.429. The maximum absolute atomic E-state index is 12.0. The average Bonchev–Trinajstić information content (AvgIpc) is 2.35. The number of rotatable bonds is 5. The molecule has 0 atom stereocenters. The lowest BCUT2D eigenvalue weighted by atomic mass is 10.1. The van der Waals surface area contributed by atoms with Gasteiger partial charge >= 0.3 is 11.9 Å². The Balaban J connectivity index is 3.48. The number of benzene rings is 1. The molecule has 1 aromatic rings. The third kappa shape index (κ3) is 4.54. The Kier molecular flexibility index (Phi) is 5.67. The van der Waals surface area contributed by atoms with E-state index in [2.05, 4.69) is 0 Å². The van der Waals surface area contributed by atoms with Crippen LogP contribution in [0.3, 0.4) is 0 Å². The number of carbonyl (C=O) groups is 2. The lowest BCUT2D eigenvalue weighted by Gasteiger charge is -2.14. The lowest BCUT2D eigenvalue weighted by molar-refractivity contribution is 0.0367. The molecule has 0 spiro atoms. The zero-order valence-corrected chi connectivity index (χ0v) is 13.5. The van der Waals surface area contributed by atoms with Crippen LogP contribution >= 0.6 is 0 Å². The number of carbonyl (C=O) groups excluding carboxylic acids is 2. The van der Waals surface area contributed by atoms with Crippen molar-refractivity contribution in [1.29, 1.82) is 0 Å². The van der Waals surface area contributed by atoms with Crippen molar-refractivity contribution >= 4 is 22.1 Å². The summed E-state index contributed by atoms with van der Waals surface area (Å²) in [5, 5.41) is 0. The van der Waals surface area contributed by atoms with Crippen LogP contribution in [0.25, 0.3) is 0 Å². The molecule has 8 heteroatoms. The van der Waals surface area contributed by atoms with Crippen LogP contribution < -0.4 is 0 Å². The highest BCUT2D eigenvalue weighted by Gasteiger charge is 2.29. The first-order chi connectivity index (χ1) is 10.0. The number of hydrogen-bond acceptors (Lipinski definition) is 6. The molecule has 0 saturated carbocycles. The molecule has 1 aromatic carbocycles. The smallest absolute Gasteiger partial charge is 0.339 e. The predicted molar refractivity (Wildman–Crippen MR) is 77.4 cm³/mol. The summed E-state index contributed by atoms with van der Waals surface area (Å²) in [6.07, 6.45) is -0.985. The first-order valence-electron chi connectivity index (χ1n) is 6.56. The second-order valence-corrected chi connectivity index (χ2v) is 6.42. The van der Waals surface area contributed by atoms with E-state index in [1.54, 1.807) is 27.7 Å². The summed E-state index contributed by atoms with van der Waals surface area (Å²) in [5.41, 5.74) is -0.844. The van der Waals surface area contributed by atoms with Gasteiger partial charge in [-0.3, -0.25) is 4.55 Å². The van der Waals surface area contributed by atoms with Crippen molar-refractivity contribution in [2.75, 3.05) is 0 Å². The van der Waals surface area contributed by atoms with Gasteiger partial charge in [-0.25, -0.2) is 9.59 Å². The quantitative estimate of drug-likeness (QED) is 0.650. The summed E-state index contributed by atoms with van der Waals surface area (Å²) < 4.78 is 42.4. The Bertz CT molecular complexity index is 634. The predicted octanol–water partition coefficient (Wildman–Crippen LogP) is 2.06. The van der Waals surface area contributed by atoms with Crippen molar-refractivity contribution in [3.63, 3.8) is 0 Å². The van der Waals surface area contributed by atoms with Crippen LogP contribution in [0.5, 0.6) is 0 Å². The minimum Gasteiger partial charge on any atom is -0.459 e. The summed E-state index contributed by atoms with van der Waals surface area (Å²) >= 11 is 0. The molecule has 0 aliphatic rings. The van der Waals surface area contributed by atoms with Crippen LogP contribution in [0.4, 0.5) is 0 Å². The molecule has 122 valence electrons. The first kappa shape index (κ1) is 18.1. The maximum atomic E-state index is 12.0. The number of hydrogen-bond donors (Lipinski definition) is 1. The van der Waals surface area contributed by atoms with Crippen LogP contribution in [0.1, 0.15) is 48.4 Å². The minimum atomic E-state index is -4.83. The average molecular weight is 330 g/mol. The Labute approximate surface area is 129 Å². The molecule has 0 bridgehead atoms. The van der Waals surface area contributed by atoms with Crippen LogP contribution in [-0.4, -0.2) is 37.1 Å². The summed E-state index contributed by atoms with van der Waals surface area (Å²) in [7, 11) is -4.83. The highest BCUT2D eigenvalue weighted by Crippen LogP contribution is 2.23. The first-order valence-corrected chi connectivity index (χ1v) is 8.00. The maximum Gasteiger partial charge on any atom is 0.339 e. The molecule has 0 saturated heterocycles. The summed E-state index contributed by atoms with van der Waals surface area (Å²) in [6.45, 7) is 6.34. The van der Waals surface area contributed by atoms with E-state index in [0.717, 1.165) is 12.1 Å². The highest BCUT2D eigenvalue weighted by molar-refractivity contribution is 7.86. The van der Waals surface area contributed by atoms with E-state index in [1.807, 2.05) is 0 Å². The number of esters is 2. The van der Waals surface area contributed by atoms with Crippen molar-refractivity contribution in [3.8, 4) is 0 Å². The molecule has 0 aromatic heterocycles. The monoisotopic (exact) mass is 330 g/mol. The van der Waals surface area contributed by atoms with Gasteiger partial charge in [0.05, 0.1) is 23.3 Å². The van der Waals surface area contributed by atoms with Crippen LogP contribution in [0.15, 0.2) is 23.1 Å². The van der Waals surface area contributed by atoms with E-state index in [0.29, 0.717) is 0 Å². The van der Waals surface area contributed by atoms with Gasteiger partial charge in [0, 0.05) is 0 Å². The topological polar surface area (TPSA) is 107 Å². The molecular weight excluding hydrogens is 312 g/mol. The minimum absolute atomic E-state index is 0.422. The van der Waals surface area contributed by atoms with E-state index in [1.165, 1.54) is 6.07 Å². The van der Waals surface area contributed by atoms with E-state index >= 15 is 0 Å². The normalized spacial score (nSPS) is 11.6. The van der Waals surface area contributed by atoms with Gasteiger partial charge in [0.1, 0.15) is 4.90 Å². The molecule has 1 rings (SSSR count). The van der Waals surface area contributed by atoms with Gasteiger partial charge in [-0.2, -0.15) is 8.42 Å². The molecular formula is C14H18O7S. The van der Waals surface area contributed by atoms with Gasteiger partial charge in [-0.05, 0) is 39.8 Å². The summed E-state index contributed by atoms with van der Waals surface area (Å²) in [4.78, 5) is 23.1. The zero-order chi connectivity index (χ0) is 17.1. The zero-order valence-electron chi connectivity index (χ0n) is 12.7. The fourth-order valence-electron chi connectivity index (χ4n) is 1.69. The third-order valence-electron chi connectivity index (χ3n) is 2.40. The van der Waals surface area contributed by atoms with Gasteiger partial charge in [0.15, 0.2) is 0 Å². The standard InChI is InChI=1S/C14H18O7S/c1-8(2)20-13(15)10-6-5-7-11(12(10)22(17,18)19)14(16)21-9(3)4/h5-9H,1-4H3,(H,17,18,19). The van der Waals surface area contributed by atoms with Gasteiger partial charge in [-0.1, -0.05) is 6.07 Å². The van der Waals surface area contributed by atoms with Crippen molar-refractivity contribution in [2.45, 2.75) is 44.8 Å². The van der Waals surface area contributed by atoms with Crippen molar-refractivity contribution in [3.05, 3.63) is 29.3 Å². The van der Waals surface area contributed by atoms with E-state index in [9.17, 15) is 22.6 Å². The molecule has 0 aliphatic carbocycles. The molecule has 22 heavy (non-hydrogen) atoms. The molecule has 7 nitrogen and oxygen atoms in total. The Morgan fingerprint density at radius 2 is 1.32 bits per heavy atom. The molecule has 1 N–H and O–H groups in total. The van der Waals surface area contributed by atoms with Crippen molar-refractivity contribution < 1.29 is 32.0 Å². The second-order valence-electron chi connectivity index (χ2n) is 5.07. The second kappa shape index (κ2) is 6.89. The SMILES string of the molecule is CC(C)OC(=O)c1cccc(C(=O)OC(C)C)c1S(=O)(=O)O. The molecule has 0 fully saturated rings. The third-order valence-corrected chi connectivity index (χ3v) is 3.35. The van der Waals surface area contributed by atoms with Crippen molar-refractivity contribution in [1.82, 2.24) is 0 Å². The molecule has 0 amide bonds. The molecule has 0 heterocycles. The van der Waals surface area contributed by atoms with Crippen molar-refractivity contribution in [2.24, 2.45) is 0 Å². The van der Waals surface area contributed by atoms with Crippen LogP contribution in [0.2, 0.25) is 0 Å². The van der Waals surface area contributed by atoms with E-state index in [-0.39, 0.29) is 0 Å². The Morgan fingerprint density at radius 3 is 1.59 bits per heavy atom. The number of ether oxygens (including phenoxy) is 2.